The van der Waals surface area contributed by atoms with Crippen LogP contribution in [-0.2, 0) is 11.2 Å². The van der Waals surface area contributed by atoms with Crippen molar-refractivity contribution in [3.63, 3.8) is 0 Å². The first-order valence-corrected chi connectivity index (χ1v) is 7.56. The zero-order valence-electron chi connectivity index (χ0n) is 11.4. The third kappa shape index (κ3) is 2.93. The van der Waals surface area contributed by atoms with Gasteiger partial charge < -0.3 is 10.2 Å². The zero-order valence-corrected chi connectivity index (χ0v) is 12.2. The van der Waals surface area contributed by atoms with E-state index in [2.05, 4.69) is 37.5 Å². The number of fused-ring (bicyclic) bond motifs is 1. The Morgan fingerprint density at radius 1 is 1.61 bits per heavy atom. The molecule has 0 saturated carbocycles. The third-order valence-corrected chi connectivity index (χ3v) is 4.49. The predicted octanol–water partition coefficient (Wildman–Crippen LogP) is 2.58. The molecule has 1 aromatic heterocycles. The molecule has 0 aromatic carbocycles. The molecule has 0 aliphatic carbocycles. The minimum absolute atomic E-state index is 0.242. The van der Waals surface area contributed by atoms with Crippen molar-refractivity contribution in [2.45, 2.75) is 45.7 Å². The standard InChI is InChI=1S/C14H22N2OS/c1-10(2)15-7-4-14(17)16-8-5-13-12(11(16)3)6-9-18-13/h6,9-11,15H,4-5,7-8H2,1-3H3. The number of thiophene rings is 1. The highest BCUT2D eigenvalue weighted by Crippen LogP contribution is 2.32. The first kappa shape index (κ1) is 13.6. The first-order chi connectivity index (χ1) is 8.59. The fourth-order valence-electron chi connectivity index (χ4n) is 2.46. The van der Waals surface area contributed by atoms with Gasteiger partial charge in [-0.05, 0) is 30.4 Å². The van der Waals surface area contributed by atoms with Gasteiger partial charge in [-0.2, -0.15) is 0 Å². The van der Waals surface area contributed by atoms with Crippen LogP contribution < -0.4 is 5.32 Å². The molecule has 1 N–H and O–H groups in total. The maximum atomic E-state index is 12.2. The van der Waals surface area contributed by atoms with Crippen molar-refractivity contribution in [2.75, 3.05) is 13.1 Å². The molecule has 1 aromatic rings. The summed E-state index contributed by atoms with van der Waals surface area (Å²) in [4.78, 5) is 15.7. The molecule has 2 heterocycles. The summed E-state index contributed by atoms with van der Waals surface area (Å²) in [6.07, 6.45) is 1.61. The molecule has 0 bridgehead atoms. The summed E-state index contributed by atoms with van der Waals surface area (Å²) in [6, 6.07) is 2.85. The van der Waals surface area contributed by atoms with E-state index in [1.807, 2.05) is 16.2 Å². The van der Waals surface area contributed by atoms with Gasteiger partial charge in [-0.1, -0.05) is 13.8 Å². The van der Waals surface area contributed by atoms with Crippen LogP contribution in [0.15, 0.2) is 11.4 Å². The van der Waals surface area contributed by atoms with Crippen molar-refractivity contribution < 1.29 is 4.79 Å². The molecule has 1 aliphatic rings. The fraction of sp³-hybridized carbons (Fsp3) is 0.643. The van der Waals surface area contributed by atoms with E-state index < -0.39 is 0 Å². The smallest absolute Gasteiger partial charge is 0.224 e. The Morgan fingerprint density at radius 2 is 2.39 bits per heavy atom. The normalized spacial score (nSPS) is 19.1. The van der Waals surface area contributed by atoms with E-state index in [4.69, 9.17) is 0 Å². The molecule has 0 saturated heterocycles. The SMILES string of the molecule is CC(C)NCCC(=O)N1CCc2sccc2C1C. The first-order valence-electron chi connectivity index (χ1n) is 6.68. The number of nitrogens with one attached hydrogen (secondary N) is 1. The highest BCUT2D eigenvalue weighted by Gasteiger charge is 2.27. The van der Waals surface area contributed by atoms with Crippen molar-refractivity contribution in [2.24, 2.45) is 0 Å². The second-order valence-electron chi connectivity index (χ2n) is 5.17. The maximum absolute atomic E-state index is 12.2. The number of hydrogen-bond acceptors (Lipinski definition) is 3. The lowest BCUT2D eigenvalue weighted by Crippen LogP contribution is -2.39. The van der Waals surface area contributed by atoms with Gasteiger partial charge in [-0.3, -0.25) is 4.79 Å². The van der Waals surface area contributed by atoms with Crippen LogP contribution in [0.3, 0.4) is 0 Å². The Morgan fingerprint density at radius 3 is 3.11 bits per heavy atom. The van der Waals surface area contributed by atoms with Crippen LogP contribution in [0.4, 0.5) is 0 Å². The minimum Gasteiger partial charge on any atom is -0.335 e. The molecule has 2 rings (SSSR count). The molecule has 3 nitrogen and oxygen atoms in total. The molecular weight excluding hydrogens is 244 g/mol. The molecule has 0 spiro atoms. The highest BCUT2D eigenvalue weighted by atomic mass is 32.1. The number of carbonyl (C=O) groups excluding carboxylic acids is 1. The van der Waals surface area contributed by atoms with E-state index in [1.165, 1.54) is 10.4 Å². The van der Waals surface area contributed by atoms with E-state index >= 15 is 0 Å². The van der Waals surface area contributed by atoms with Crippen LogP contribution in [0.2, 0.25) is 0 Å². The summed E-state index contributed by atoms with van der Waals surface area (Å²) in [5.41, 5.74) is 1.34. The second kappa shape index (κ2) is 5.85. The molecule has 1 atom stereocenters. The lowest BCUT2D eigenvalue weighted by molar-refractivity contribution is -0.133. The van der Waals surface area contributed by atoms with Gasteiger partial charge in [0, 0.05) is 30.4 Å². The molecule has 1 unspecified atom stereocenters. The Bertz CT molecular complexity index is 414. The molecule has 0 radical (unpaired) electrons. The van der Waals surface area contributed by atoms with E-state index in [9.17, 15) is 4.79 Å². The van der Waals surface area contributed by atoms with E-state index in [1.54, 1.807) is 0 Å². The minimum atomic E-state index is 0.242. The van der Waals surface area contributed by atoms with Gasteiger partial charge >= 0.3 is 0 Å². The van der Waals surface area contributed by atoms with Gasteiger partial charge in [0.25, 0.3) is 0 Å². The van der Waals surface area contributed by atoms with Gasteiger partial charge in [0.2, 0.25) is 5.91 Å². The highest BCUT2D eigenvalue weighted by molar-refractivity contribution is 7.10. The number of rotatable bonds is 4. The van der Waals surface area contributed by atoms with Crippen molar-refractivity contribution in [1.29, 1.82) is 0 Å². The largest absolute Gasteiger partial charge is 0.335 e. The summed E-state index contributed by atoms with van der Waals surface area (Å²) in [5.74, 6) is 0.271. The number of carbonyl (C=O) groups is 1. The Labute approximate surface area is 113 Å². The Kier molecular flexibility index (Phi) is 4.40. The van der Waals surface area contributed by atoms with Gasteiger partial charge in [-0.15, -0.1) is 11.3 Å². The summed E-state index contributed by atoms with van der Waals surface area (Å²) < 4.78 is 0. The van der Waals surface area contributed by atoms with Crippen LogP contribution in [0.1, 0.15) is 43.7 Å². The molecule has 1 aliphatic heterocycles. The maximum Gasteiger partial charge on any atom is 0.224 e. The van der Waals surface area contributed by atoms with Crippen molar-refractivity contribution in [3.05, 3.63) is 21.9 Å². The number of hydrogen-bond donors (Lipinski definition) is 1. The molecule has 18 heavy (non-hydrogen) atoms. The molecule has 1 amide bonds. The van der Waals surface area contributed by atoms with Gasteiger partial charge in [0.15, 0.2) is 0 Å². The van der Waals surface area contributed by atoms with Crippen molar-refractivity contribution in [3.8, 4) is 0 Å². The van der Waals surface area contributed by atoms with Gasteiger partial charge in [0.05, 0.1) is 6.04 Å². The average molecular weight is 266 g/mol. The molecule has 100 valence electrons. The predicted molar refractivity (Wildman–Crippen MR) is 75.9 cm³/mol. The second-order valence-corrected chi connectivity index (χ2v) is 6.17. The van der Waals surface area contributed by atoms with E-state index in [0.29, 0.717) is 12.5 Å². The van der Waals surface area contributed by atoms with Crippen molar-refractivity contribution >= 4 is 17.2 Å². The van der Waals surface area contributed by atoms with Crippen LogP contribution in [0, 0.1) is 0 Å². The lowest BCUT2D eigenvalue weighted by atomic mass is 10.0. The van der Waals surface area contributed by atoms with E-state index in [-0.39, 0.29) is 11.9 Å². The topological polar surface area (TPSA) is 32.3 Å². The average Bonchev–Trinajstić information content (AvgIpc) is 2.77. The van der Waals surface area contributed by atoms with Crippen LogP contribution >= 0.6 is 11.3 Å². The van der Waals surface area contributed by atoms with Crippen LogP contribution in [0.5, 0.6) is 0 Å². The van der Waals surface area contributed by atoms with Crippen LogP contribution in [0.25, 0.3) is 0 Å². The van der Waals surface area contributed by atoms with Crippen LogP contribution in [-0.4, -0.2) is 29.9 Å². The zero-order chi connectivity index (χ0) is 13.1. The number of amides is 1. The quantitative estimate of drug-likeness (QED) is 0.908. The van der Waals surface area contributed by atoms with Gasteiger partial charge in [-0.25, -0.2) is 0 Å². The van der Waals surface area contributed by atoms with Crippen molar-refractivity contribution in [1.82, 2.24) is 10.2 Å². The van der Waals surface area contributed by atoms with E-state index in [0.717, 1.165) is 19.5 Å². The van der Waals surface area contributed by atoms with Gasteiger partial charge in [0.1, 0.15) is 0 Å². The Hall–Kier alpha value is -0.870. The lowest BCUT2D eigenvalue weighted by Gasteiger charge is -2.33. The molecule has 0 fully saturated rings. The summed E-state index contributed by atoms with van der Waals surface area (Å²) in [7, 11) is 0. The summed E-state index contributed by atoms with van der Waals surface area (Å²) >= 11 is 1.81. The Balaban J connectivity index is 1.92. The summed E-state index contributed by atoms with van der Waals surface area (Å²) in [5, 5.41) is 5.43. The molecular formula is C14H22N2OS. The fourth-order valence-corrected chi connectivity index (χ4v) is 3.42. The summed E-state index contributed by atoms with van der Waals surface area (Å²) in [6.45, 7) is 7.99. The molecule has 4 heteroatoms. The monoisotopic (exact) mass is 266 g/mol. The number of nitrogens with zero attached hydrogens (tertiary/aromatic N) is 1. The third-order valence-electron chi connectivity index (χ3n) is 3.49.